The molecule has 1 aliphatic heterocycles. The maximum Gasteiger partial charge on any atom is 0.328 e. The van der Waals surface area contributed by atoms with Crippen molar-refractivity contribution in [1.29, 1.82) is 0 Å². The predicted molar refractivity (Wildman–Crippen MR) is 102 cm³/mol. The molecule has 0 bridgehead atoms. The molecule has 154 valence electrons. The van der Waals surface area contributed by atoms with E-state index < -0.39 is 42.0 Å². The van der Waals surface area contributed by atoms with Gasteiger partial charge in [0.1, 0.15) is 6.04 Å². The van der Waals surface area contributed by atoms with Crippen molar-refractivity contribution in [2.45, 2.75) is 37.9 Å². The average Bonchev–Trinajstić information content (AvgIpc) is 2.93. The molecule has 0 radical (unpaired) electrons. The smallest absolute Gasteiger partial charge is 0.328 e. The zero-order chi connectivity index (χ0) is 20.1. The summed E-state index contributed by atoms with van der Waals surface area (Å²) in [6.45, 7) is 1.31. The molecule has 9 nitrogen and oxygen atoms in total. The molecule has 28 heavy (non-hydrogen) atoms. The minimum atomic E-state index is -1.29. The highest BCUT2D eigenvalue weighted by Crippen LogP contribution is 2.17. The molecule has 1 heterocycles. The third kappa shape index (κ3) is 5.43. The SMILES string of the molecule is CC(NC(CCc1ccccc1)C(=O)O)C(=O)N1C(=O)N(C)C[C@H]1C(=O)O.Cl. The van der Waals surface area contributed by atoms with Crippen molar-refractivity contribution in [1.82, 2.24) is 15.1 Å². The lowest BCUT2D eigenvalue weighted by Crippen LogP contribution is -2.54. The van der Waals surface area contributed by atoms with Gasteiger partial charge in [-0.15, -0.1) is 12.4 Å². The summed E-state index contributed by atoms with van der Waals surface area (Å²) >= 11 is 0. The van der Waals surface area contributed by atoms with E-state index in [0.29, 0.717) is 11.3 Å². The first-order valence-corrected chi connectivity index (χ1v) is 8.56. The highest BCUT2D eigenvalue weighted by Gasteiger charge is 2.45. The molecule has 10 heteroatoms. The van der Waals surface area contributed by atoms with E-state index in [2.05, 4.69) is 5.32 Å². The van der Waals surface area contributed by atoms with Gasteiger partial charge in [-0.1, -0.05) is 30.3 Å². The molecule has 0 aliphatic carbocycles. The van der Waals surface area contributed by atoms with E-state index in [0.717, 1.165) is 10.5 Å². The fraction of sp³-hybridized carbons (Fsp3) is 0.444. The Labute approximate surface area is 168 Å². The number of carboxylic acids is 2. The van der Waals surface area contributed by atoms with Crippen molar-refractivity contribution < 1.29 is 29.4 Å². The summed E-state index contributed by atoms with van der Waals surface area (Å²) in [5, 5.41) is 21.4. The summed E-state index contributed by atoms with van der Waals surface area (Å²) in [7, 11) is 1.41. The van der Waals surface area contributed by atoms with Gasteiger partial charge in [0.05, 0.1) is 12.6 Å². The lowest BCUT2D eigenvalue weighted by Gasteiger charge is -2.25. The molecule has 3 atom stereocenters. The van der Waals surface area contributed by atoms with Crippen molar-refractivity contribution in [3.8, 4) is 0 Å². The minimum absolute atomic E-state index is 0. The lowest BCUT2D eigenvalue weighted by molar-refractivity contribution is -0.147. The number of hydrogen-bond donors (Lipinski definition) is 3. The molecule has 2 rings (SSSR count). The molecule has 1 aromatic carbocycles. The van der Waals surface area contributed by atoms with Crippen LogP contribution in [0.1, 0.15) is 18.9 Å². The first kappa shape index (κ1) is 23.4. The maximum absolute atomic E-state index is 12.6. The summed E-state index contributed by atoms with van der Waals surface area (Å²) in [4.78, 5) is 49.4. The Morgan fingerprint density at radius 1 is 1.21 bits per heavy atom. The van der Waals surface area contributed by atoms with E-state index in [9.17, 15) is 29.4 Å². The molecule has 3 amide bonds. The third-order valence-electron chi connectivity index (χ3n) is 4.50. The number of aryl methyl sites for hydroxylation is 1. The van der Waals surface area contributed by atoms with Crippen LogP contribution in [0.5, 0.6) is 0 Å². The van der Waals surface area contributed by atoms with Gasteiger partial charge in [-0.05, 0) is 25.3 Å². The van der Waals surface area contributed by atoms with Gasteiger partial charge in [0.15, 0.2) is 6.04 Å². The number of likely N-dealkylation sites (N-methyl/N-ethyl adjacent to an activating group) is 1. The number of carbonyl (C=O) groups is 4. The van der Waals surface area contributed by atoms with Crippen LogP contribution in [0.2, 0.25) is 0 Å². The molecule has 1 aromatic rings. The number of hydrogen-bond acceptors (Lipinski definition) is 5. The Morgan fingerprint density at radius 2 is 1.82 bits per heavy atom. The number of carbonyl (C=O) groups excluding carboxylic acids is 2. The number of urea groups is 1. The average molecular weight is 414 g/mol. The van der Waals surface area contributed by atoms with Gasteiger partial charge in [0, 0.05) is 7.05 Å². The largest absolute Gasteiger partial charge is 0.480 e. The van der Waals surface area contributed by atoms with Crippen LogP contribution in [0.15, 0.2) is 30.3 Å². The number of rotatable bonds is 8. The summed E-state index contributed by atoms with van der Waals surface area (Å²) in [5.74, 6) is -3.17. The fourth-order valence-electron chi connectivity index (χ4n) is 2.99. The second kappa shape index (κ2) is 10.0. The molecule has 1 aliphatic rings. The van der Waals surface area contributed by atoms with Crippen LogP contribution in [0.3, 0.4) is 0 Å². The third-order valence-corrected chi connectivity index (χ3v) is 4.50. The van der Waals surface area contributed by atoms with Gasteiger partial charge in [-0.25, -0.2) is 14.5 Å². The van der Waals surface area contributed by atoms with Crippen LogP contribution >= 0.6 is 12.4 Å². The molecular weight excluding hydrogens is 390 g/mol. The normalized spacial score (nSPS) is 18.4. The van der Waals surface area contributed by atoms with Crippen LogP contribution in [0.25, 0.3) is 0 Å². The first-order valence-electron chi connectivity index (χ1n) is 8.56. The van der Waals surface area contributed by atoms with E-state index in [4.69, 9.17) is 0 Å². The molecule has 0 saturated carbocycles. The number of imide groups is 1. The van der Waals surface area contributed by atoms with E-state index in [1.807, 2.05) is 30.3 Å². The van der Waals surface area contributed by atoms with E-state index in [1.54, 1.807) is 0 Å². The molecular formula is C18H24ClN3O6. The fourth-order valence-corrected chi connectivity index (χ4v) is 2.99. The first-order chi connectivity index (χ1) is 12.7. The number of halogens is 1. The van der Waals surface area contributed by atoms with Crippen LogP contribution in [-0.2, 0) is 20.8 Å². The van der Waals surface area contributed by atoms with Crippen LogP contribution < -0.4 is 5.32 Å². The standard InChI is InChI=1S/C18H23N3O6.ClH/c1-11(15(22)21-14(17(25)26)10-20(2)18(21)27)19-13(16(23)24)9-8-12-6-4-3-5-7-12;/h3-7,11,13-14,19H,8-10H2,1-2H3,(H,23,24)(H,25,26);1H/t11?,13?,14-;/m0./s1. The molecule has 3 N–H and O–H groups in total. The number of aliphatic carboxylic acids is 2. The van der Waals surface area contributed by atoms with Crippen molar-refractivity contribution >= 4 is 36.3 Å². The minimum Gasteiger partial charge on any atom is -0.480 e. The van der Waals surface area contributed by atoms with Gasteiger partial charge in [0.2, 0.25) is 5.91 Å². The highest BCUT2D eigenvalue weighted by molar-refractivity contribution is 6.02. The summed E-state index contributed by atoms with van der Waals surface area (Å²) in [6, 6.07) is 5.29. The number of carboxylic acid groups (broad SMARTS) is 2. The Hall–Kier alpha value is -2.65. The maximum atomic E-state index is 12.6. The summed E-state index contributed by atoms with van der Waals surface area (Å²) in [5.41, 5.74) is 0.965. The predicted octanol–water partition coefficient (Wildman–Crippen LogP) is 0.820. The van der Waals surface area contributed by atoms with Crippen molar-refractivity contribution in [2.24, 2.45) is 0 Å². The Bertz CT molecular complexity index is 729. The Kier molecular flexibility index (Phi) is 8.39. The lowest BCUT2D eigenvalue weighted by atomic mass is 10.0. The zero-order valence-corrected chi connectivity index (χ0v) is 16.4. The highest BCUT2D eigenvalue weighted by atomic mass is 35.5. The topological polar surface area (TPSA) is 127 Å². The quantitative estimate of drug-likeness (QED) is 0.575. The van der Waals surface area contributed by atoms with Crippen molar-refractivity contribution in [2.75, 3.05) is 13.6 Å². The molecule has 1 saturated heterocycles. The van der Waals surface area contributed by atoms with Crippen molar-refractivity contribution in [3.63, 3.8) is 0 Å². The monoisotopic (exact) mass is 413 g/mol. The number of amides is 3. The number of nitrogens with one attached hydrogen (secondary N) is 1. The molecule has 1 fully saturated rings. The summed E-state index contributed by atoms with van der Waals surface area (Å²) in [6.07, 6.45) is 0.738. The molecule has 0 spiro atoms. The van der Waals surface area contributed by atoms with Gasteiger partial charge < -0.3 is 15.1 Å². The van der Waals surface area contributed by atoms with Gasteiger partial charge in [0.25, 0.3) is 0 Å². The molecule has 0 aromatic heterocycles. The van der Waals surface area contributed by atoms with E-state index in [1.165, 1.54) is 14.0 Å². The van der Waals surface area contributed by atoms with Crippen LogP contribution in [0, 0.1) is 0 Å². The van der Waals surface area contributed by atoms with Crippen LogP contribution in [0.4, 0.5) is 4.79 Å². The Balaban J connectivity index is 0.00000392. The number of benzene rings is 1. The number of nitrogens with zero attached hydrogens (tertiary/aromatic N) is 2. The van der Waals surface area contributed by atoms with E-state index >= 15 is 0 Å². The van der Waals surface area contributed by atoms with Gasteiger partial charge in [-0.3, -0.25) is 14.9 Å². The second-order valence-corrected chi connectivity index (χ2v) is 6.53. The van der Waals surface area contributed by atoms with Gasteiger partial charge in [-0.2, -0.15) is 0 Å². The summed E-state index contributed by atoms with van der Waals surface area (Å²) < 4.78 is 0. The van der Waals surface area contributed by atoms with E-state index in [-0.39, 0.29) is 25.4 Å². The van der Waals surface area contributed by atoms with Crippen molar-refractivity contribution in [3.05, 3.63) is 35.9 Å². The van der Waals surface area contributed by atoms with Crippen LogP contribution in [-0.4, -0.2) is 75.6 Å². The molecule has 2 unspecified atom stereocenters. The van der Waals surface area contributed by atoms with Gasteiger partial charge >= 0.3 is 18.0 Å². The Morgan fingerprint density at radius 3 is 2.36 bits per heavy atom. The zero-order valence-electron chi connectivity index (χ0n) is 15.6. The second-order valence-electron chi connectivity index (χ2n) is 6.53.